The maximum Gasteiger partial charge on any atom is 0.255 e. The molecule has 0 unspecified atom stereocenters. The van der Waals surface area contributed by atoms with E-state index in [0.29, 0.717) is 18.6 Å². The average Bonchev–Trinajstić information content (AvgIpc) is 2.45. The van der Waals surface area contributed by atoms with Crippen LogP contribution in [0, 0.1) is 0 Å². The number of carbonyl (C=O) groups excluding carboxylic acids is 1. The number of nitrogens with one attached hydrogen (secondary N) is 1. The Bertz CT molecular complexity index is 627. The van der Waals surface area contributed by atoms with Gasteiger partial charge in [0.15, 0.2) is 0 Å². The molecule has 0 radical (unpaired) electrons. The van der Waals surface area contributed by atoms with Crippen LogP contribution in [-0.2, 0) is 11.2 Å². The van der Waals surface area contributed by atoms with Crippen molar-refractivity contribution in [2.75, 3.05) is 19.0 Å². The van der Waals surface area contributed by atoms with Gasteiger partial charge in [-0.15, -0.1) is 0 Å². The van der Waals surface area contributed by atoms with E-state index < -0.39 is 0 Å². The Hall–Kier alpha value is -1.62. The monoisotopic (exact) mass is 324 g/mol. The van der Waals surface area contributed by atoms with Crippen LogP contribution < -0.4 is 5.32 Å². The van der Waals surface area contributed by atoms with Crippen LogP contribution in [0.4, 0.5) is 5.69 Å². The number of pyridine rings is 1. The highest BCUT2D eigenvalue weighted by atomic mass is 35.5. The van der Waals surface area contributed by atoms with E-state index in [2.05, 4.69) is 10.3 Å². The Morgan fingerprint density at radius 1 is 1.24 bits per heavy atom. The van der Waals surface area contributed by atoms with Gasteiger partial charge in [0.25, 0.3) is 5.91 Å². The van der Waals surface area contributed by atoms with Gasteiger partial charge < -0.3 is 10.1 Å². The molecule has 0 saturated carbocycles. The minimum atomic E-state index is -0.286. The van der Waals surface area contributed by atoms with Gasteiger partial charge in [0.2, 0.25) is 0 Å². The minimum absolute atomic E-state index is 0.181. The van der Waals surface area contributed by atoms with E-state index in [4.69, 9.17) is 27.9 Å². The molecular formula is C15H14Cl2N2O2. The van der Waals surface area contributed by atoms with Crippen LogP contribution in [0.3, 0.4) is 0 Å². The lowest BCUT2D eigenvalue weighted by atomic mass is 10.1. The van der Waals surface area contributed by atoms with E-state index in [0.717, 1.165) is 11.3 Å². The van der Waals surface area contributed by atoms with E-state index in [1.807, 2.05) is 24.3 Å². The summed E-state index contributed by atoms with van der Waals surface area (Å²) in [5, 5.41) is 3.21. The third-order valence-corrected chi connectivity index (χ3v) is 3.25. The van der Waals surface area contributed by atoms with Crippen LogP contribution in [0.25, 0.3) is 0 Å². The van der Waals surface area contributed by atoms with Crippen LogP contribution in [0.5, 0.6) is 0 Å². The lowest BCUT2D eigenvalue weighted by Gasteiger charge is -2.11. The first-order valence-electron chi connectivity index (χ1n) is 6.31. The molecule has 0 bridgehead atoms. The van der Waals surface area contributed by atoms with Gasteiger partial charge in [-0.2, -0.15) is 0 Å². The second kappa shape index (κ2) is 7.41. The zero-order valence-corrected chi connectivity index (χ0v) is 12.9. The first kappa shape index (κ1) is 15.8. The fraction of sp³-hybridized carbons (Fsp3) is 0.200. The summed E-state index contributed by atoms with van der Waals surface area (Å²) in [6, 6.07) is 10.5. The van der Waals surface area contributed by atoms with Crippen molar-refractivity contribution >= 4 is 34.8 Å². The largest absolute Gasteiger partial charge is 0.384 e. The summed E-state index contributed by atoms with van der Waals surface area (Å²) >= 11 is 11.6. The smallest absolute Gasteiger partial charge is 0.255 e. The maximum atomic E-state index is 12.3. The number of nitrogens with zero attached hydrogens (tertiary/aromatic N) is 1. The standard InChI is InChI=1S/C15H14Cl2N2O2/c1-21-7-6-10-4-2-3-5-12(10)18-15(20)11-8-13(16)19-14(17)9-11/h2-5,8-9H,6-7H2,1H3,(H,18,20). The summed E-state index contributed by atoms with van der Waals surface area (Å²) < 4.78 is 5.07. The lowest BCUT2D eigenvalue weighted by Crippen LogP contribution is -2.14. The van der Waals surface area contributed by atoms with E-state index in [9.17, 15) is 4.79 Å². The molecule has 1 amide bonds. The molecule has 2 rings (SSSR count). The Labute approximate surface area is 133 Å². The van der Waals surface area contributed by atoms with Gasteiger partial charge in [0.05, 0.1) is 6.61 Å². The summed E-state index contributed by atoms with van der Waals surface area (Å²) in [7, 11) is 1.64. The number of halogens is 2. The second-order valence-corrected chi connectivity index (χ2v) is 5.13. The van der Waals surface area contributed by atoms with Crippen molar-refractivity contribution in [2.24, 2.45) is 0 Å². The van der Waals surface area contributed by atoms with Gasteiger partial charge in [-0.3, -0.25) is 4.79 Å². The molecule has 0 saturated heterocycles. The van der Waals surface area contributed by atoms with Gasteiger partial charge in [-0.1, -0.05) is 41.4 Å². The number of ether oxygens (including phenoxy) is 1. The molecule has 0 spiro atoms. The number of rotatable bonds is 5. The Balaban J connectivity index is 2.19. The zero-order valence-electron chi connectivity index (χ0n) is 11.4. The molecule has 1 aromatic heterocycles. The van der Waals surface area contributed by atoms with Crippen LogP contribution in [0.1, 0.15) is 15.9 Å². The average molecular weight is 325 g/mol. The molecule has 0 aliphatic rings. The molecule has 4 nitrogen and oxygen atoms in total. The molecule has 1 aromatic carbocycles. The van der Waals surface area contributed by atoms with Crippen molar-refractivity contribution in [3.05, 3.63) is 57.8 Å². The molecular weight excluding hydrogens is 311 g/mol. The number of carbonyl (C=O) groups is 1. The van der Waals surface area contributed by atoms with Gasteiger partial charge in [0, 0.05) is 18.4 Å². The highest BCUT2D eigenvalue weighted by Gasteiger charge is 2.11. The topological polar surface area (TPSA) is 51.2 Å². The van der Waals surface area contributed by atoms with Crippen molar-refractivity contribution in [2.45, 2.75) is 6.42 Å². The third-order valence-electron chi connectivity index (χ3n) is 2.87. The number of aromatic nitrogens is 1. The van der Waals surface area contributed by atoms with Gasteiger partial charge in [-0.05, 0) is 30.2 Å². The maximum absolute atomic E-state index is 12.3. The fourth-order valence-corrected chi connectivity index (χ4v) is 2.32. The number of amides is 1. The van der Waals surface area contributed by atoms with Gasteiger partial charge in [-0.25, -0.2) is 4.98 Å². The molecule has 0 atom stereocenters. The third kappa shape index (κ3) is 4.43. The van der Waals surface area contributed by atoms with Gasteiger partial charge >= 0.3 is 0 Å². The number of hydrogen-bond donors (Lipinski definition) is 1. The second-order valence-electron chi connectivity index (χ2n) is 4.36. The highest BCUT2D eigenvalue weighted by Crippen LogP contribution is 2.19. The predicted molar refractivity (Wildman–Crippen MR) is 84.2 cm³/mol. The van der Waals surface area contributed by atoms with E-state index >= 15 is 0 Å². The quantitative estimate of drug-likeness (QED) is 0.850. The van der Waals surface area contributed by atoms with Crippen LogP contribution in [0.15, 0.2) is 36.4 Å². The molecule has 0 aliphatic heterocycles. The first-order valence-corrected chi connectivity index (χ1v) is 7.07. The Morgan fingerprint density at radius 2 is 1.90 bits per heavy atom. The zero-order chi connectivity index (χ0) is 15.2. The highest BCUT2D eigenvalue weighted by molar-refractivity contribution is 6.33. The van der Waals surface area contributed by atoms with Crippen molar-refractivity contribution in [3.8, 4) is 0 Å². The van der Waals surface area contributed by atoms with Crippen molar-refractivity contribution in [1.82, 2.24) is 4.98 Å². The van der Waals surface area contributed by atoms with Crippen LogP contribution >= 0.6 is 23.2 Å². The summed E-state index contributed by atoms with van der Waals surface area (Å²) in [6.45, 7) is 0.583. The van der Waals surface area contributed by atoms with Crippen molar-refractivity contribution in [1.29, 1.82) is 0 Å². The molecule has 2 aromatic rings. The summed E-state index contributed by atoms with van der Waals surface area (Å²) in [5.41, 5.74) is 2.10. The predicted octanol–water partition coefficient (Wildman–Crippen LogP) is 3.83. The van der Waals surface area contributed by atoms with Crippen molar-refractivity contribution in [3.63, 3.8) is 0 Å². The Kier molecular flexibility index (Phi) is 5.56. The lowest BCUT2D eigenvalue weighted by molar-refractivity contribution is 0.102. The van der Waals surface area contributed by atoms with Crippen molar-refractivity contribution < 1.29 is 9.53 Å². The molecule has 21 heavy (non-hydrogen) atoms. The Morgan fingerprint density at radius 3 is 2.57 bits per heavy atom. The number of anilines is 1. The number of methoxy groups -OCH3 is 1. The number of benzene rings is 1. The van der Waals surface area contributed by atoms with Gasteiger partial charge in [0.1, 0.15) is 10.3 Å². The van der Waals surface area contributed by atoms with Crippen LogP contribution in [0.2, 0.25) is 10.3 Å². The molecule has 110 valence electrons. The normalized spacial score (nSPS) is 10.4. The number of para-hydroxylation sites is 1. The van der Waals surface area contributed by atoms with E-state index in [1.165, 1.54) is 12.1 Å². The molecule has 0 aliphatic carbocycles. The molecule has 1 N–H and O–H groups in total. The molecule has 6 heteroatoms. The van der Waals surface area contributed by atoms with Crippen LogP contribution in [-0.4, -0.2) is 24.6 Å². The summed E-state index contributed by atoms with van der Waals surface area (Å²) in [4.78, 5) is 16.1. The molecule has 1 heterocycles. The summed E-state index contributed by atoms with van der Waals surface area (Å²) in [5.74, 6) is -0.286. The first-order chi connectivity index (χ1) is 10.1. The SMILES string of the molecule is COCCc1ccccc1NC(=O)c1cc(Cl)nc(Cl)c1. The fourth-order valence-electron chi connectivity index (χ4n) is 1.86. The minimum Gasteiger partial charge on any atom is -0.384 e. The molecule has 0 fully saturated rings. The van der Waals surface area contributed by atoms with E-state index in [-0.39, 0.29) is 16.2 Å². The summed E-state index contributed by atoms with van der Waals surface area (Å²) in [6.07, 6.45) is 0.713. The number of hydrogen-bond acceptors (Lipinski definition) is 3. The van der Waals surface area contributed by atoms with E-state index in [1.54, 1.807) is 7.11 Å².